The molecule has 0 radical (unpaired) electrons. The second-order valence-corrected chi connectivity index (χ2v) is 5.62. The molecular formula is C8H13N3O2S. The highest BCUT2D eigenvalue weighted by molar-refractivity contribution is 7.89. The van der Waals surface area contributed by atoms with E-state index in [1.807, 2.05) is 0 Å². The van der Waals surface area contributed by atoms with Crippen LogP contribution in [0.3, 0.4) is 0 Å². The summed E-state index contributed by atoms with van der Waals surface area (Å²) in [6.45, 7) is 2.69. The zero-order valence-electron chi connectivity index (χ0n) is 8.02. The Kier molecular flexibility index (Phi) is 2.32. The minimum Gasteiger partial charge on any atom is -0.282 e. The third-order valence-corrected chi connectivity index (χ3v) is 4.35. The van der Waals surface area contributed by atoms with E-state index >= 15 is 0 Å². The minimum absolute atomic E-state index is 0.167. The molecule has 1 aliphatic heterocycles. The Labute approximate surface area is 83.2 Å². The lowest BCUT2D eigenvalue weighted by molar-refractivity contribution is 0.390. The standard InChI is InChI=1S/C8H13N3O2S/c1-2-14(12,13)11-4-3-8-7(6-11)5-9-10-8/h5H,2-4,6H2,1H3,(H,9,10). The van der Waals surface area contributed by atoms with Gasteiger partial charge in [0, 0.05) is 30.8 Å². The quantitative estimate of drug-likeness (QED) is 0.762. The molecule has 0 spiro atoms. The zero-order chi connectivity index (χ0) is 10.2. The molecule has 14 heavy (non-hydrogen) atoms. The van der Waals surface area contributed by atoms with Gasteiger partial charge in [-0.25, -0.2) is 8.42 Å². The molecule has 0 atom stereocenters. The predicted molar refractivity (Wildman–Crippen MR) is 52.2 cm³/mol. The summed E-state index contributed by atoms with van der Waals surface area (Å²) >= 11 is 0. The number of aromatic amines is 1. The van der Waals surface area contributed by atoms with E-state index in [1.165, 1.54) is 4.31 Å². The Bertz CT molecular complexity index is 424. The molecule has 5 nitrogen and oxygen atoms in total. The van der Waals surface area contributed by atoms with Crippen LogP contribution in [0.1, 0.15) is 18.2 Å². The maximum atomic E-state index is 11.6. The number of sulfonamides is 1. The van der Waals surface area contributed by atoms with Crippen molar-refractivity contribution in [1.29, 1.82) is 0 Å². The Morgan fingerprint density at radius 1 is 1.64 bits per heavy atom. The molecule has 78 valence electrons. The highest BCUT2D eigenvalue weighted by Gasteiger charge is 2.25. The lowest BCUT2D eigenvalue weighted by Crippen LogP contribution is -2.36. The highest BCUT2D eigenvalue weighted by atomic mass is 32.2. The summed E-state index contributed by atoms with van der Waals surface area (Å²) < 4.78 is 24.7. The monoisotopic (exact) mass is 215 g/mol. The largest absolute Gasteiger partial charge is 0.282 e. The van der Waals surface area contributed by atoms with Crippen LogP contribution in [-0.2, 0) is 23.0 Å². The van der Waals surface area contributed by atoms with Crippen molar-refractivity contribution in [3.8, 4) is 0 Å². The van der Waals surface area contributed by atoms with Crippen LogP contribution in [0.5, 0.6) is 0 Å². The number of nitrogens with one attached hydrogen (secondary N) is 1. The van der Waals surface area contributed by atoms with Crippen LogP contribution in [0.2, 0.25) is 0 Å². The van der Waals surface area contributed by atoms with E-state index in [1.54, 1.807) is 13.1 Å². The molecule has 6 heteroatoms. The molecule has 0 saturated heterocycles. The Morgan fingerprint density at radius 2 is 2.43 bits per heavy atom. The van der Waals surface area contributed by atoms with E-state index in [4.69, 9.17) is 0 Å². The van der Waals surface area contributed by atoms with Crippen molar-refractivity contribution in [3.05, 3.63) is 17.5 Å². The smallest absolute Gasteiger partial charge is 0.214 e. The summed E-state index contributed by atoms with van der Waals surface area (Å²) in [6.07, 6.45) is 2.43. The first kappa shape index (κ1) is 9.67. The number of hydrogen-bond acceptors (Lipinski definition) is 3. The zero-order valence-corrected chi connectivity index (χ0v) is 8.84. The SMILES string of the molecule is CCS(=O)(=O)N1CCc2[nH]ncc2C1. The fourth-order valence-electron chi connectivity index (χ4n) is 1.62. The number of H-pyrrole nitrogens is 1. The number of nitrogens with zero attached hydrogens (tertiary/aromatic N) is 2. The van der Waals surface area contributed by atoms with Crippen LogP contribution < -0.4 is 0 Å². The molecule has 1 aromatic rings. The van der Waals surface area contributed by atoms with Crippen LogP contribution in [0.4, 0.5) is 0 Å². The van der Waals surface area contributed by atoms with Crippen molar-refractivity contribution in [2.75, 3.05) is 12.3 Å². The van der Waals surface area contributed by atoms with Crippen molar-refractivity contribution in [3.63, 3.8) is 0 Å². The summed E-state index contributed by atoms with van der Waals surface area (Å²) in [5.41, 5.74) is 2.06. The molecule has 0 fully saturated rings. The second-order valence-electron chi connectivity index (χ2n) is 3.36. The number of fused-ring (bicyclic) bond motifs is 1. The van der Waals surface area contributed by atoms with Gasteiger partial charge in [-0.3, -0.25) is 5.10 Å². The average molecular weight is 215 g/mol. The summed E-state index contributed by atoms with van der Waals surface area (Å²) in [5, 5.41) is 6.78. The fraction of sp³-hybridized carbons (Fsp3) is 0.625. The van der Waals surface area contributed by atoms with Gasteiger partial charge >= 0.3 is 0 Å². The van der Waals surface area contributed by atoms with Gasteiger partial charge in [0.25, 0.3) is 0 Å². The summed E-state index contributed by atoms with van der Waals surface area (Å²) in [7, 11) is -3.05. The van der Waals surface area contributed by atoms with Crippen LogP contribution in [0.25, 0.3) is 0 Å². The van der Waals surface area contributed by atoms with Crippen molar-refractivity contribution < 1.29 is 8.42 Å². The molecule has 0 bridgehead atoms. The van der Waals surface area contributed by atoms with Crippen molar-refractivity contribution in [2.24, 2.45) is 0 Å². The third-order valence-electron chi connectivity index (χ3n) is 2.52. The van der Waals surface area contributed by atoms with Crippen molar-refractivity contribution in [1.82, 2.24) is 14.5 Å². The average Bonchev–Trinajstić information content (AvgIpc) is 2.64. The first-order chi connectivity index (χ1) is 6.63. The van der Waals surface area contributed by atoms with E-state index < -0.39 is 10.0 Å². The number of hydrogen-bond donors (Lipinski definition) is 1. The van der Waals surface area contributed by atoms with Crippen LogP contribution in [0, 0.1) is 0 Å². The van der Waals surface area contributed by atoms with Gasteiger partial charge in [0.05, 0.1) is 11.9 Å². The summed E-state index contributed by atoms with van der Waals surface area (Å²) in [4.78, 5) is 0. The fourth-order valence-corrected chi connectivity index (χ4v) is 2.69. The molecule has 2 heterocycles. The van der Waals surface area contributed by atoms with Gasteiger partial charge in [0.2, 0.25) is 10.0 Å². The molecule has 0 aromatic carbocycles. The molecule has 0 aliphatic carbocycles. The predicted octanol–water partition coefficient (Wildman–Crippen LogP) is 0.117. The first-order valence-corrected chi connectivity index (χ1v) is 6.23. The van der Waals surface area contributed by atoms with E-state index in [-0.39, 0.29) is 5.75 Å². The summed E-state index contributed by atoms with van der Waals surface area (Å²) in [5.74, 6) is 0.167. The molecule has 1 aliphatic rings. The lowest BCUT2D eigenvalue weighted by atomic mass is 10.1. The van der Waals surface area contributed by atoms with E-state index in [9.17, 15) is 8.42 Å². The topological polar surface area (TPSA) is 66.1 Å². The van der Waals surface area contributed by atoms with Gasteiger partial charge in [0.1, 0.15) is 0 Å². The van der Waals surface area contributed by atoms with Gasteiger partial charge in [-0.05, 0) is 6.92 Å². The highest BCUT2D eigenvalue weighted by Crippen LogP contribution is 2.18. The molecule has 1 aromatic heterocycles. The maximum Gasteiger partial charge on any atom is 0.214 e. The molecule has 0 unspecified atom stereocenters. The van der Waals surface area contributed by atoms with Gasteiger partial charge in [-0.15, -0.1) is 0 Å². The van der Waals surface area contributed by atoms with Gasteiger partial charge in [-0.1, -0.05) is 0 Å². The number of rotatable bonds is 2. The van der Waals surface area contributed by atoms with Crippen LogP contribution in [0.15, 0.2) is 6.20 Å². The van der Waals surface area contributed by atoms with Gasteiger partial charge in [-0.2, -0.15) is 9.40 Å². The van der Waals surface area contributed by atoms with Crippen molar-refractivity contribution in [2.45, 2.75) is 19.9 Å². The van der Waals surface area contributed by atoms with E-state index in [2.05, 4.69) is 10.2 Å². The second kappa shape index (κ2) is 3.36. The first-order valence-electron chi connectivity index (χ1n) is 4.62. The summed E-state index contributed by atoms with van der Waals surface area (Å²) in [6, 6.07) is 0. The van der Waals surface area contributed by atoms with Gasteiger partial charge < -0.3 is 0 Å². The third kappa shape index (κ3) is 1.55. The van der Waals surface area contributed by atoms with E-state index in [0.717, 1.165) is 17.7 Å². The molecule has 1 N–H and O–H groups in total. The molecule has 0 saturated carbocycles. The Hall–Kier alpha value is -0.880. The molecule has 0 amide bonds. The maximum absolute atomic E-state index is 11.6. The normalized spacial score (nSPS) is 18.1. The van der Waals surface area contributed by atoms with Gasteiger partial charge in [0.15, 0.2) is 0 Å². The van der Waals surface area contributed by atoms with Crippen LogP contribution >= 0.6 is 0 Å². The van der Waals surface area contributed by atoms with E-state index in [0.29, 0.717) is 13.1 Å². The number of aromatic nitrogens is 2. The van der Waals surface area contributed by atoms with Crippen LogP contribution in [-0.4, -0.2) is 35.2 Å². The minimum atomic E-state index is -3.05. The Morgan fingerprint density at radius 3 is 3.14 bits per heavy atom. The molecular weight excluding hydrogens is 202 g/mol. The molecule has 2 rings (SSSR count). The lowest BCUT2D eigenvalue weighted by Gasteiger charge is -2.24. The van der Waals surface area contributed by atoms with Crippen molar-refractivity contribution >= 4 is 10.0 Å². The Balaban J connectivity index is 2.23.